The Bertz CT molecular complexity index is 1120. The molecule has 0 atom stereocenters. The molecule has 1 aromatic heterocycles. The molecule has 2 aromatic carbocycles. The molecule has 1 aliphatic heterocycles. The van der Waals surface area contributed by atoms with Gasteiger partial charge in [-0.05, 0) is 31.2 Å². The highest BCUT2D eigenvalue weighted by molar-refractivity contribution is 6.31. The van der Waals surface area contributed by atoms with Gasteiger partial charge in [-0.25, -0.2) is 14.7 Å². The van der Waals surface area contributed by atoms with Gasteiger partial charge in [-0.1, -0.05) is 17.7 Å². The fourth-order valence-corrected chi connectivity index (χ4v) is 3.18. The first-order valence-corrected chi connectivity index (χ1v) is 8.10. The predicted molar refractivity (Wildman–Crippen MR) is 99.4 cm³/mol. The highest BCUT2D eigenvalue weighted by Crippen LogP contribution is 2.40. The Kier molecular flexibility index (Phi) is 3.65. The largest absolute Gasteiger partial charge is 0.402 e. The number of aromatic nitrogens is 1. The number of amides is 1. The van der Waals surface area contributed by atoms with Crippen molar-refractivity contribution in [3.8, 4) is 0 Å². The number of hydrogen-bond donors (Lipinski definition) is 0. The third-order valence-corrected chi connectivity index (χ3v) is 4.49. The Labute approximate surface area is 153 Å². The van der Waals surface area contributed by atoms with E-state index < -0.39 is 10.8 Å². The summed E-state index contributed by atoms with van der Waals surface area (Å²) in [4.78, 5) is 29.2. The van der Waals surface area contributed by atoms with Crippen molar-refractivity contribution in [2.75, 3.05) is 4.90 Å². The molecule has 1 aliphatic rings. The molecule has 1 amide bonds. The van der Waals surface area contributed by atoms with E-state index in [-0.39, 0.29) is 5.69 Å². The first kappa shape index (κ1) is 16.1. The third-order valence-electron chi connectivity index (χ3n) is 4.26. The molecule has 6 nitrogen and oxygen atoms in total. The zero-order valence-electron chi connectivity index (χ0n) is 13.6. The van der Waals surface area contributed by atoms with Crippen molar-refractivity contribution >= 4 is 51.5 Å². The van der Waals surface area contributed by atoms with Gasteiger partial charge in [-0.3, -0.25) is 10.1 Å². The Hall–Kier alpha value is -3.34. The van der Waals surface area contributed by atoms with Crippen LogP contribution >= 0.6 is 11.6 Å². The van der Waals surface area contributed by atoms with Gasteiger partial charge in [-0.2, -0.15) is 0 Å². The Morgan fingerprint density at radius 3 is 2.81 bits per heavy atom. The van der Waals surface area contributed by atoms with E-state index >= 15 is 0 Å². The maximum absolute atomic E-state index is 12.6. The summed E-state index contributed by atoms with van der Waals surface area (Å²) in [5, 5.41) is 12.5. The second-order valence-electron chi connectivity index (χ2n) is 5.88. The van der Waals surface area contributed by atoms with Crippen LogP contribution in [0.5, 0.6) is 0 Å². The number of rotatable bonds is 2. The van der Waals surface area contributed by atoms with Crippen molar-refractivity contribution in [1.82, 2.24) is 4.98 Å². The zero-order valence-corrected chi connectivity index (χ0v) is 14.3. The molecular weight excluding hydrogens is 354 g/mol. The van der Waals surface area contributed by atoms with Gasteiger partial charge in [0.2, 0.25) is 0 Å². The maximum Gasteiger partial charge on any atom is 0.402 e. The van der Waals surface area contributed by atoms with Gasteiger partial charge in [0.25, 0.3) is 5.69 Å². The molecule has 0 radical (unpaired) electrons. The van der Waals surface area contributed by atoms with E-state index in [1.165, 1.54) is 11.0 Å². The smallest absolute Gasteiger partial charge is 0.258 e. The lowest BCUT2D eigenvalue weighted by Crippen LogP contribution is -2.27. The van der Waals surface area contributed by atoms with Crippen LogP contribution in [0.25, 0.3) is 17.0 Å². The lowest BCUT2D eigenvalue weighted by molar-refractivity contribution is -0.385. The van der Waals surface area contributed by atoms with Crippen LogP contribution in [0.2, 0.25) is 5.02 Å². The van der Waals surface area contributed by atoms with Crippen molar-refractivity contribution in [3.05, 3.63) is 74.9 Å². The van der Waals surface area contributed by atoms with E-state index in [0.717, 1.165) is 0 Å². The molecule has 2 heterocycles. The molecule has 0 bridgehead atoms. The summed E-state index contributed by atoms with van der Waals surface area (Å²) < 4.78 is 0. The Balaban J connectivity index is 2.01. The van der Waals surface area contributed by atoms with Crippen LogP contribution in [-0.4, -0.2) is 15.8 Å². The predicted octanol–water partition coefficient (Wildman–Crippen LogP) is 4.60. The number of carbonyl (C=O) groups is 1. The number of benzene rings is 2. The molecule has 0 aliphatic carbocycles. The fraction of sp³-hybridized carbons (Fsp3) is 0.0526. The lowest BCUT2D eigenvalue weighted by atomic mass is 10.0. The minimum Gasteiger partial charge on any atom is -0.258 e. The van der Waals surface area contributed by atoms with Crippen LogP contribution < -0.4 is 4.90 Å². The zero-order chi connectivity index (χ0) is 18.4. The van der Waals surface area contributed by atoms with Crippen molar-refractivity contribution in [2.24, 2.45) is 0 Å². The lowest BCUT2D eigenvalue weighted by Gasteiger charge is -2.21. The molecule has 7 heteroatoms. The van der Waals surface area contributed by atoms with Gasteiger partial charge >= 0.3 is 5.91 Å². The topological polar surface area (TPSA) is 76.3 Å². The highest BCUT2D eigenvalue weighted by Gasteiger charge is 2.34. The first-order valence-electron chi connectivity index (χ1n) is 7.73. The SMILES string of the molecule is Cc1ccc(N2C(=O)[C+]=Cc3cnc4ccc(Cl)cc4c32)cc1[N+](=O)[O-]. The van der Waals surface area contributed by atoms with Gasteiger partial charge in [0.15, 0.2) is 23.4 Å². The monoisotopic (exact) mass is 364 g/mol. The molecule has 0 unspecified atom stereocenters. The van der Waals surface area contributed by atoms with E-state index in [9.17, 15) is 14.9 Å². The molecule has 0 saturated heterocycles. The number of nitro groups is 1. The molecule has 0 spiro atoms. The first-order chi connectivity index (χ1) is 12.5. The maximum atomic E-state index is 12.6. The summed E-state index contributed by atoms with van der Waals surface area (Å²) in [6, 6.07) is 9.89. The number of halogens is 1. The minimum absolute atomic E-state index is 0.0530. The average Bonchev–Trinajstić information content (AvgIpc) is 2.62. The van der Waals surface area contributed by atoms with Gasteiger partial charge in [0.05, 0.1) is 16.1 Å². The van der Waals surface area contributed by atoms with Crippen LogP contribution in [0.3, 0.4) is 0 Å². The van der Waals surface area contributed by atoms with Crippen molar-refractivity contribution < 1.29 is 9.72 Å². The molecular formula is C19H11ClN3O3+. The number of carbonyl (C=O) groups excluding carboxylic acids is 1. The molecule has 0 fully saturated rings. The summed E-state index contributed by atoms with van der Waals surface area (Å²) in [5.41, 5.74) is 2.79. The standard InChI is InChI=1S/C19H11ClN3O3/c1-11-2-5-14(9-17(11)23(25)26)22-18(24)7-3-12-10-21-16-6-4-13(20)8-15(16)19(12)22/h2-6,8-10H,1H3/q+1. The fourth-order valence-electron chi connectivity index (χ4n) is 3.01. The van der Waals surface area contributed by atoms with Crippen molar-refractivity contribution in [3.63, 3.8) is 0 Å². The van der Waals surface area contributed by atoms with E-state index in [1.807, 2.05) is 0 Å². The number of hydrogen-bond acceptors (Lipinski definition) is 4. The van der Waals surface area contributed by atoms with Crippen LogP contribution in [0.4, 0.5) is 17.1 Å². The summed E-state index contributed by atoms with van der Waals surface area (Å²) in [6.45, 7) is 1.65. The summed E-state index contributed by atoms with van der Waals surface area (Å²) in [7, 11) is 0. The molecule has 26 heavy (non-hydrogen) atoms. The van der Waals surface area contributed by atoms with Gasteiger partial charge < -0.3 is 0 Å². The second kappa shape index (κ2) is 5.88. The van der Waals surface area contributed by atoms with Crippen LogP contribution in [0.1, 0.15) is 11.1 Å². The molecule has 126 valence electrons. The number of aryl methyl sites for hydroxylation is 1. The molecule has 0 saturated carbocycles. The van der Waals surface area contributed by atoms with E-state index in [0.29, 0.717) is 38.4 Å². The van der Waals surface area contributed by atoms with Crippen LogP contribution in [-0.2, 0) is 4.79 Å². The second-order valence-corrected chi connectivity index (χ2v) is 6.32. The van der Waals surface area contributed by atoms with Crippen molar-refractivity contribution in [2.45, 2.75) is 6.92 Å². The van der Waals surface area contributed by atoms with Gasteiger partial charge in [0, 0.05) is 22.0 Å². The molecule has 4 rings (SSSR count). The number of fused-ring (bicyclic) bond motifs is 3. The molecule has 0 N–H and O–H groups in total. The number of pyridine rings is 1. The summed E-state index contributed by atoms with van der Waals surface area (Å²) in [6.07, 6.45) is 5.85. The van der Waals surface area contributed by atoms with E-state index in [4.69, 9.17) is 11.6 Å². The normalized spacial score (nSPS) is 12.8. The Morgan fingerprint density at radius 2 is 2.04 bits per heavy atom. The van der Waals surface area contributed by atoms with E-state index in [1.54, 1.807) is 49.5 Å². The number of anilines is 2. The van der Waals surface area contributed by atoms with Crippen molar-refractivity contribution in [1.29, 1.82) is 0 Å². The third kappa shape index (κ3) is 2.49. The summed E-state index contributed by atoms with van der Waals surface area (Å²) in [5.74, 6) is -0.414. The van der Waals surface area contributed by atoms with Crippen LogP contribution in [0.15, 0.2) is 42.6 Å². The van der Waals surface area contributed by atoms with E-state index in [2.05, 4.69) is 11.1 Å². The number of nitrogens with zero attached hydrogens (tertiary/aromatic N) is 3. The average molecular weight is 365 g/mol. The summed E-state index contributed by atoms with van der Waals surface area (Å²) >= 11 is 6.13. The highest BCUT2D eigenvalue weighted by atomic mass is 35.5. The quantitative estimate of drug-likeness (QED) is 0.378. The van der Waals surface area contributed by atoms with Crippen LogP contribution in [0, 0.1) is 23.1 Å². The number of nitro benzene ring substituents is 1. The minimum atomic E-state index is -0.463. The van der Waals surface area contributed by atoms with Gasteiger partial charge in [-0.15, -0.1) is 0 Å². The van der Waals surface area contributed by atoms with Gasteiger partial charge in [0.1, 0.15) is 6.20 Å². The molecule has 3 aromatic rings. The Morgan fingerprint density at radius 1 is 1.23 bits per heavy atom.